The molecule has 1 saturated carbocycles. The minimum absolute atomic E-state index is 0.0987. The van der Waals surface area contributed by atoms with E-state index in [1.807, 2.05) is 0 Å². The second-order valence-electron chi connectivity index (χ2n) is 8.69. The van der Waals surface area contributed by atoms with Crippen LogP contribution in [0.1, 0.15) is 60.8 Å². The largest absolute Gasteiger partial charge is 0.356 e. The van der Waals surface area contributed by atoms with E-state index in [2.05, 4.69) is 44.8 Å². The van der Waals surface area contributed by atoms with Crippen LogP contribution in [0.15, 0.2) is 0 Å². The predicted octanol–water partition coefficient (Wildman–Crippen LogP) is 3.30. The molecular formula is C18H34N2O. The van der Waals surface area contributed by atoms with Crippen molar-refractivity contribution in [1.29, 1.82) is 0 Å². The molecule has 2 fully saturated rings. The number of amides is 1. The van der Waals surface area contributed by atoms with Gasteiger partial charge in [-0.05, 0) is 41.9 Å². The average Bonchev–Trinajstić information content (AvgIpc) is 2.77. The summed E-state index contributed by atoms with van der Waals surface area (Å²) in [5.41, 5.74) is 0.740. The molecule has 1 heterocycles. The molecular weight excluding hydrogens is 260 g/mol. The summed E-state index contributed by atoms with van der Waals surface area (Å²) in [7, 11) is 0. The molecule has 0 aromatic carbocycles. The number of rotatable bonds is 3. The van der Waals surface area contributed by atoms with Crippen LogP contribution in [0.4, 0.5) is 0 Å². The maximum Gasteiger partial charge on any atom is 0.216 e. The van der Waals surface area contributed by atoms with E-state index in [0.29, 0.717) is 11.5 Å². The van der Waals surface area contributed by atoms with E-state index in [4.69, 9.17) is 0 Å². The van der Waals surface area contributed by atoms with E-state index in [1.165, 1.54) is 32.4 Å². The van der Waals surface area contributed by atoms with Crippen LogP contribution in [0, 0.1) is 22.7 Å². The van der Waals surface area contributed by atoms with Gasteiger partial charge in [0.2, 0.25) is 5.91 Å². The van der Waals surface area contributed by atoms with Gasteiger partial charge in [0.05, 0.1) is 0 Å². The van der Waals surface area contributed by atoms with Crippen LogP contribution in [0.3, 0.4) is 0 Å². The Labute approximate surface area is 130 Å². The van der Waals surface area contributed by atoms with Crippen molar-refractivity contribution in [3.63, 3.8) is 0 Å². The fourth-order valence-corrected chi connectivity index (χ4v) is 4.13. The number of carbonyl (C=O) groups is 1. The lowest BCUT2D eigenvalue weighted by molar-refractivity contribution is -0.119. The number of hydrogen-bond donors (Lipinski definition) is 1. The van der Waals surface area contributed by atoms with Crippen molar-refractivity contribution >= 4 is 5.91 Å². The zero-order chi connectivity index (χ0) is 15.8. The summed E-state index contributed by atoms with van der Waals surface area (Å²) in [6.45, 7) is 16.9. The van der Waals surface area contributed by atoms with Gasteiger partial charge in [-0.1, -0.05) is 34.6 Å². The van der Waals surface area contributed by atoms with Crippen molar-refractivity contribution in [3.05, 3.63) is 0 Å². The van der Waals surface area contributed by atoms with Crippen LogP contribution >= 0.6 is 0 Å². The number of nitrogens with zero attached hydrogens (tertiary/aromatic N) is 1. The molecule has 1 aliphatic heterocycles. The minimum atomic E-state index is 0.0987. The molecule has 122 valence electrons. The highest BCUT2D eigenvalue weighted by Crippen LogP contribution is 2.45. The van der Waals surface area contributed by atoms with E-state index in [0.717, 1.165) is 18.4 Å². The molecule has 0 aromatic rings. The van der Waals surface area contributed by atoms with Gasteiger partial charge in [-0.15, -0.1) is 0 Å². The second kappa shape index (κ2) is 5.91. The Morgan fingerprint density at radius 3 is 2.29 bits per heavy atom. The van der Waals surface area contributed by atoms with Crippen LogP contribution in [0.25, 0.3) is 0 Å². The lowest BCUT2D eigenvalue weighted by atomic mass is 9.67. The standard InChI is InChI=1S/C18H34N2O/c1-13-10-20(11-14(2)17(13,4)5)16-7-8-18(6,9-16)12-19-15(3)21/h13-14,16H,7-12H2,1-6H3,(H,19,21). The third-order valence-corrected chi connectivity index (χ3v) is 6.65. The van der Waals surface area contributed by atoms with Crippen LogP contribution < -0.4 is 5.32 Å². The van der Waals surface area contributed by atoms with E-state index in [1.54, 1.807) is 6.92 Å². The highest BCUT2D eigenvalue weighted by Gasteiger charge is 2.44. The third kappa shape index (κ3) is 3.61. The summed E-state index contributed by atoms with van der Waals surface area (Å²) in [5.74, 6) is 1.61. The monoisotopic (exact) mass is 294 g/mol. The molecule has 4 unspecified atom stereocenters. The summed E-state index contributed by atoms with van der Waals surface area (Å²) in [6, 6.07) is 0.713. The molecule has 21 heavy (non-hydrogen) atoms. The minimum Gasteiger partial charge on any atom is -0.356 e. The number of carbonyl (C=O) groups excluding carboxylic acids is 1. The maximum absolute atomic E-state index is 11.2. The summed E-state index contributed by atoms with van der Waals surface area (Å²) in [4.78, 5) is 13.9. The van der Waals surface area contributed by atoms with E-state index >= 15 is 0 Å². The Hall–Kier alpha value is -0.570. The first kappa shape index (κ1) is 16.8. The van der Waals surface area contributed by atoms with Gasteiger partial charge in [-0.3, -0.25) is 9.69 Å². The molecule has 1 N–H and O–H groups in total. The lowest BCUT2D eigenvalue weighted by Crippen LogP contribution is -2.52. The van der Waals surface area contributed by atoms with Gasteiger partial charge in [-0.25, -0.2) is 0 Å². The van der Waals surface area contributed by atoms with E-state index in [9.17, 15) is 4.79 Å². The average molecular weight is 294 g/mol. The van der Waals surface area contributed by atoms with Crippen LogP contribution in [-0.4, -0.2) is 36.5 Å². The van der Waals surface area contributed by atoms with Crippen LogP contribution in [0.2, 0.25) is 0 Å². The summed E-state index contributed by atoms with van der Waals surface area (Å²) in [5, 5.41) is 3.02. The Kier molecular flexibility index (Phi) is 4.72. The zero-order valence-corrected chi connectivity index (χ0v) is 14.8. The van der Waals surface area contributed by atoms with Crippen molar-refractivity contribution in [3.8, 4) is 0 Å². The Morgan fingerprint density at radius 1 is 1.19 bits per heavy atom. The van der Waals surface area contributed by atoms with Gasteiger partial charge in [0.15, 0.2) is 0 Å². The molecule has 0 aromatic heterocycles. The van der Waals surface area contributed by atoms with Crippen LogP contribution in [0.5, 0.6) is 0 Å². The van der Waals surface area contributed by atoms with E-state index < -0.39 is 0 Å². The zero-order valence-electron chi connectivity index (χ0n) is 14.8. The molecule has 0 spiro atoms. The second-order valence-corrected chi connectivity index (χ2v) is 8.69. The van der Waals surface area contributed by atoms with Crippen LogP contribution in [-0.2, 0) is 4.79 Å². The van der Waals surface area contributed by atoms with Gasteiger partial charge in [-0.2, -0.15) is 0 Å². The number of nitrogens with one attached hydrogen (secondary N) is 1. The molecule has 0 bridgehead atoms. The smallest absolute Gasteiger partial charge is 0.216 e. The molecule has 1 aliphatic carbocycles. The first-order valence-corrected chi connectivity index (χ1v) is 8.62. The number of hydrogen-bond acceptors (Lipinski definition) is 2. The molecule has 4 atom stereocenters. The van der Waals surface area contributed by atoms with E-state index in [-0.39, 0.29) is 11.3 Å². The van der Waals surface area contributed by atoms with Gasteiger partial charge < -0.3 is 5.32 Å². The quantitative estimate of drug-likeness (QED) is 0.866. The summed E-state index contributed by atoms with van der Waals surface area (Å²) < 4.78 is 0. The number of likely N-dealkylation sites (tertiary alicyclic amines) is 1. The number of piperidine rings is 1. The van der Waals surface area contributed by atoms with Crippen molar-refractivity contribution < 1.29 is 4.79 Å². The van der Waals surface area contributed by atoms with Crippen molar-refractivity contribution in [2.24, 2.45) is 22.7 Å². The van der Waals surface area contributed by atoms with Crippen molar-refractivity contribution in [2.75, 3.05) is 19.6 Å². The van der Waals surface area contributed by atoms with Crippen molar-refractivity contribution in [2.45, 2.75) is 66.8 Å². The first-order valence-electron chi connectivity index (χ1n) is 8.62. The molecule has 3 nitrogen and oxygen atoms in total. The van der Waals surface area contributed by atoms with Crippen molar-refractivity contribution in [1.82, 2.24) is 10.2 Å². The molecule has 2 aliphatic rings. The lowest BCUT2D eigenvalue weighted by Gasteiger charge is -2.49. The molecule has 3 heteroatoms. The Bertz CT molecular complexity index is 379. The normalized spacial score (nSPS) is 40.2. The Balaban J connectivity index is 1.94. The highest BCUT2D eigenvalue weighted by molar-refractivity contribution is 5.72. The van der Waals surface area contributed by atoms with Gasteiger partial charge >= 0.3 is 0 Å². The summed E-state index contributed by atoms with van der Waals surface area (Å²) in [6.07, 6.45) is 3.75. The maximum atomic E-state index is 11.2. The topological polar surface area (TPSA) is 32.3 Å². The Morgan fingerprint density at radius 2 is 1.76 bits per heavy atom. The fourth-order valence-electron chi connectivity index (χ4n) is 4.13. The molecule has 0 radical (unpaired) electrons. The van der Waals surface area contributed by atoms with Gasteiger partial charge in [0.25, 0.3) is 0 Å². The predicted molar refractivity (Wildman–Crippen MR) is 88.1 cm³/mol. The third-order valence-electron chi connectivity index (χ3n) is 6.65. The van der Waals surface area contributed by atoms with Gasteiger partial charge in [0.1, 0.15) is 0 Å². The summed E-state index contributed by atoms with van der Waals surface area (Å²) >= 11 is 0. The molecule has 1 amide bonds. The molecule has 1 saturated heterocycles. The first-order chi connectivity index (χ1) is 9.64. The fraction of sp³-hybridized carbons (Fsp3) is 0.944. The SMILES string of the molecule is CC(=O)NCC1(C)CCC(N2CC(C)C(C)(C)C(C)C2)C1. The van der Waals surface area contributed by atoms with Gasteiger partial charge in [0, 0.05) is 32.6 Å². The highest BCUT2D eigenvalue weighted by atomic mass is 16.1. The molecule has 2 rings (SSSR count).